The van der Waals surface area contributed by atoms with E-state index in [1.165, 1.54) is 7.11 Å². The van der Waals surface area contributed by atoms with Gasteiger partial charge in [0.25, 0.3) is 0 Å². The first-order valence-electron chi connectivity index (χ1n) is 7.14. The Labute approximate surface area is 130 Å². The van der Waals surface area contributed by atoms with Crippen LogP contribution in [-0.4, -0.2) is 30.8 Å². The van der Waals surface area contributed by atoms with Gasteiger partial charge in [-0.25, -0.2) is 0 Å². The van der Waals surface area contributed by atoms with Gasteiger partial charge in [-0.05, 0) is 37.6 Å². The van der Waals surface area contributed by atoms with Crippen molar-refractivity contribution in [3.05, 3.63) is 47.3 Å². The van der Waals surface area contributed by atoms with E-state index in [-0.39, 0.29) is 0 Å². The zero-order valence-corrected chi connectivity index (χ0v) is 13.4. The minimum Gasteiger partial charge on any atom is -0.495 e. The molecule has 5 heteroatoms. The van der Waals surface area contributed by atoms with Gasteiger partial charge < -0.3 is 19.8 Å². The average molecular weight is 302 g/mol. The lowest BCUT2D eigenvalue weighted by Crippen LogP contribution is -2.33. The molecule has 5 nitrogen and oxygen atoms in total. The molecule has 1 unspecified atom stereocenters. The summed E-state index contributed by atoms with van der Waals surface area (Å²) < 4.78 is 12.2. The average Bonchev–Trinajstić information content (AvgIpc) is 2.80. The quantitative estimate of drug-likeness (QED) is 0.859. The number of methoxy groups -OCH3 is 2. The van der Waals surface area contributed by atoms with E-state index in [1.807, 2.05) is 44.2 Å². The van der Waals surface area contributed by atoms with Crippen molar-refractivity contribution in [2.45, 2.75) is 26.3 Å². The third kappa shape index (κ3) is 2.99. The van der Waals surface area contributed by atoms with Crippen LogP contribution < -0.4 is 10.5 Å². The fraction of sp³-hybridized carbons (Fsp3) is 0.353. The summed E-state index contributed by atoms with van der Waals surface area (Å²) in [6.45, 7) is 4.03. The van der Waals surface area contributed by atoms with Crippen LogP contribution in [-0.2, 0) is 16.0 Å². The van der Waals surface area contributed by atoms with Crippen molar-refractivity contribution in [2.75, 3.05) is 14.2 Å². The molecule has 2 N–H and O–H groups in total. The largest absolute Gasteiger partial charge is 0.495 e. The van der Waals surface area contributed by atoms with Crippen LogP contribution in [0.2, 0.25) is 0 Å². The molecule has 118 valence electrons. The highest BCUT2D eigenvalue weighted by atomic mass is 16.5. The van der Waals surface area contributed by atoms with Crippen LogP contribution in [0.4, 0.5) is 0 Å². The first-order chi connectivity index (χ1) is 10.5. The second-order valence-electron chi connectivity index (χ2n) is 5.24. The fourth-order valence-electron chi connectivity index (χ4n) is 2.69. The third-order valence-corrected chi connectivity index (χ3v) is 3.81. The molecule has 1 heterocycles. The predicted octanol–water partition coefficient (Wildman–Crippen LogP) is 2.15. The highest BCUT2D eigenvalue weighted by Gasteiger charge is 2.19. The zero-order chi connectivity index (χ0) is 16.3. The van der Waals surface area contributed by atoms with Crippen molar-refractivity contribution < 1.29 is 14.3 Å². The molecule has 0 aliphatic carbocycles. The number of hydrogen-bond acceptors (Lipinski definition) is 4. The number of carbonyl (C=O) groups excluding carboxylic acids is 1. The Morgan fingerprint density at radius 1 is 1.27 bits per heavy atom. The molecular weight excluding hydrogens is 280 g/mol. The molecule has 22 heavy (non-hydrogen) atoms. The number of nitrogens with zero attached hydrogens (tertiary/aromatic N) is 1. The van der Waals surface area contributed by atoms with E-state index in [1.54, 1.807) is 7.11 Å². The summed E-state index contributed by atoms with van der Waals surface area (Å²) >= 11 is 0. The summed E-state index contributed by atoms with van der Waals surface area (Å²) in [5.41, 5.74) is 9.98. The molecule has 0 spiro atoms. The maximum atomic E-state index is 11.5. The molecule has 0 amide bonds. The Bertz CT molecular complexity index is 677. The minimum absolute atomic E-state index is 0.401. The molecule has 1 atom stereocenters. The second-order valence-corrected chi connectivity index (χ2v) is 5.24. The van der Waals surface area contributed by atoms with Crippen LogP contribution in [0.15, 0.2) is 30.3 Å². The number of esters is 1. The van der Waals surface area contributed by atoms with Gasteiger partial charge in [0.05, 0.1) is 19.9 Å². The van der Waals surface area contributed by atoms with E-state index in [4.69, 9.17) is 15.2 Å². The number of aromatic nitrogens is 1. The van der Waals surface area contributed by atoms with Gasteiger partial charge in [-0.2, -0.15) is 0 Å². The number of nitrogens with two attached hydrogens (primary N) is 1. The summed E-state index contributed by atoms with van der Waals surface area (Å²) in [6, 6.07) is 9.22. The first kappa shape index (κ1) is 16.1. The zero-order valence-electron chi connectivity index (χ0n) is 13.4. The number of rotatable bonds is 5. The molecule has 0 bridgehead atoms. The topological polar surface area (TPSA) is 66.5 Å². The smallest absolute Gasteiger partial charge is 0.322 e. The molecule has 2 rings (SSSR count). The molecule has 1 aromatic carbocycles. The Hall–Kier alpha value is -2.27. The van der Waals surface area contributed by atoms with Crippen molar-refractivity contribution in [3.8, 4) is 11.4 Å². The van der Waals surface area contributed by atoms with Crippen LogP contribution in [0, 0.1) is 13.8 Å². The van der Waals surface area contributed by atoms with Crippen LogP contribution in [0.5, 0.6) is 5.75 Å². The van der Waals surface area contributed by atoms with E-state index >= 15 is 0 Å². The third-order valence-electron chi connectivity index (χ3n) is 3.81. The molecule has 1 aromatic heterocycles. The van der Waals surface area contributed by atoms with Crippen molar-refractivity contribution >= 4 is 5.97 Å². The lowest BCUT2D eigenvalue weighted by atomic mass is 10.1. The van der Waals surface area contributed by atoms with Gasteiger partial charge in [-0.3, -0.25) is 4.79 Å². The summed E-state index contributed by atoms with van der Waals surface area (Å²) in [7, 11) is 3.00. The van der Waals surface area contributed by atoms with Gasteiger partial charge in [-0.1, -0.05) is 12.1 Å². The van der Waals surface area contributed by atoms with E-state index < -0.39 is 12.0 Å². The molecule has 0 fully saturated rings. The Balaban J connectivity index is 2.41. The molecule has 0 aliphatic heterocycles. The highest BCUT2D eigenvalue weighted by Crippen LogP contribution is 2.28. The maximum Gasteiger partial charge on any atom is 0.322 e. The number of para-hydroxylation sites is 2. The highest BCUT2D eigenvalue weighted by molar-refractivity contribution is 5.75. The van der Waals surface area contributed by atoms with E-state index in [0.717, 1.165) is 28.4 Å². The second kappa shape index (κ2) is 6.66. The maximum absolute atomic E-state index is 11.5. The number of hydrogen-bond donors (Lipinski definition) is 1. The van der Waals surface area contributed by atoms with Gasteiger partial charge in [0.15, 0.2) is 0 Å². The monoisotopic (exact) mass is 302 g/mol. The Morgan fingerprint density at radius 2 is 1.95 bits per heavy atom. The fourth-order valence-corrected chi connectivity index (χ4v) is 2.69. The van der Waals surface area contributed by atoms with Crippen LogP contribution >= 0.6 is 0 Å². The first-order valence-corrected chi connectivity index (χ1v) is 7.14. The van der Waals surface area contributed by atoms with E-state index in [0.29, 0.717) is 6.42 Å². The molecule has 0 radical (unpaired) electrons. The van der Waals surface area contributed by atoms with Crippen molar-refractivity contribution in [2.24, 2.45) is 5.73 Å². The Morgan fingerprint density at radius 3 is 2.59 bits per heavy atom. The predicted molar refractivity (Wildman–Crippen MR) is 85.5 cm³/mol. The molecule has 0 saturated heterocycles. The number of benzene rings is 1. The summed E-state index contributed by atoms with van der Waals surface area (Å²) in [4.78, 5) is 11.5. The van der Waals surface area contributed by atoms with Gasteiger partial charge in [0.2, 0.25) is 0 Å². The molecular formula is C17H22N2O3. The number of ether oxygens (including phenoxy) is 2. The van der Waals surface area contributed by atoms with Gasteiger partial charge >= 0.3 is 5.97 Å². The molecule has 0 aliphatic rings. The summed E-state index contributed by atoms with van der Waals surface area (Å²) in [6.07, 6.45) is 0.446. The lowest BCUT2D eigenvalue weighted by molar-refractivity contribution is -0.142. The van der Waals surface area contributed by atoms with Gasteiger partial charge in [-0.15, -0.1) is 0 Å². The van der Waals surface area contributed by atoms with Crippen LogP contribution in [0.1, 0.15) is 17.0 Å². The molecule has 0 saturated carbocycles. The number of carbonyl (C=O) groups is 1. The standard InChI is InChI=1S/C17H22N2O3/c1-11-9-13(10-14(18)17(20)22-4)12(2)19(11)15-7-5-6-8-16(15)21-3/h5-9,14H,10,18H2,1-4H3. The van der Waals surface area contributed by atoms with E-state index in [2.05, 4.69) is 4.57 Å². The lowest BCUT2D eigenvalue weighted by Gasteiger charge is -2.14. The van der Waals surface area contributed by atoms with Crippen LogP contribution in [0.25, 0.3) is 5.69 Å². The minimum atomic E-state index is -0.656. The summed E-state index contributed by atoms with van der Waals surface area (Å²) in [5.74, 6) is 0.398. The summed E-state index contributed by atoms with van der Waals surface area (Å²) in [5, 5.41) is 0. The van der Waals surface area contributed by atoms with Crippen molar-refractivity contribution in [1.82, 2.24) is 4.57 Å². The Kier molecular flexibility index (Phi) is 4.88. The van der Waals surface area contributed by atoms with Gasteiger partial charge in [0.1, 0.15) is 11.8 Å². The van der Waals surface area contributed by atoms with Gasteiger partial charge in [0, 0.05) is 17.8 Å². The number of aryl methyl sites for hydroxylation is 1. The van der Waals surface area contributed by atoms with Crippen LogP contribution in [0.3, 0.4) is 0 Å². The normalized spacial score (nSPS) is 12.0. The molecule has 2 aromatic rings. The van der Waals surface area contributed by atoms with Crippen molar-refractivity contribution in [1.29, 1.82) is 0 Å². The van der Waals surface area contributed by atoms with Crippen molar-refractivity contribution in [3.63, 3.8) is 0 Å². The SMILES string of the molecule is COC(=O)C(N)Cc1cc(C)n(-c2ccccc2OC)c1C. The van der Waals surface area contributed by atoms with E-state index in [9.17, 15) is 4.79 Å².